The van der Waals surface area contributed by atoms with Gasteiger partial charge >= 0.3 is 0 Å². The highest BCUT2D eigenvalue weighted by Gasteiger charge is 2.36. The van der Waals surface area contributed by atoms with Gasteiger partial charge in [-0.1, -0.05) is 6.07 Å². The van der Waals surface area contributed by atoms with Crippen LogP contribution in [0, 0.1) is 0 Å². The molecule has 0 unspecified atom stereocenters. The van der Waals surface area contributed by atoms with Crippen LogP contribution in [-0.4, -0.2) is 42.3 Å². The molecule has 1 aliphatic heterocycles. The van der Waals surface area contributed by atoms with Crippen LogP contribution in [0.2, 0.25) is 0 Å². The zero-order valence-electron chi connectivity index (χ0n) is 9.70. The molecule has 0 spiro atoms. The number of benzene rings is 1. The Morgan fingerprint density at radius 1 is 1.38 bits per heavy atom. The fourth-order valence-corrected chi connectivity index (χ4v) is 1.91. The predicted molar refractivity (Wildman–Crippen MR) is 62.3 cm³/mol. The van der Waals surface area contributed by atoms with Crippen molar-refractivity contribution < 1.29 is 10.2 Å². The number of rotatable bonds is 3. The Balaban J connectivity index is 2.28. The van der Waals surface area contributed by atoms with E-state index in [1.165, 1.54) is 0 Å². The van der Waals surface area contributed by atoms with Gasteiger partial charge in [-0.3, -0.25) is 0 Å². The smallest absolute Gasteiger partial charge is 0.120 e. The molecule has 4 nitrogen and oxygen atoms in total. The number of phenolic OH excluding ortho intramolecular Hbond substituents is 1. The number of nitrogens with one attached hydrogen (secondary N) is 1. The van der Waals surface area contributed by atoms with Gasteiger partial charge in [-0.25, -0.2) is 0 Å². The Bertz CT molecular complexity index is 387. The summed E-state index contributed by atoms with van der Waals surface area (Å²) in [6.07, 6.45) is 0. The molecule has 0 aliphatic carbocycles. The van der Waals surface area contributed by atoms with Gasteiger partial charge in [0.25, 0.3) is 0 Å². The minimum absolute atomic E-state index is 0.285. The van der Waals surface area contributed by atoms with E-state index in [1.807, 2.05) is 25.1 Å². The SMILES string of the molecule is CN(C)Cc1cc(C2(O)CNC2)ccc1O. The first-order valence-electron chi connectivity index (χ1n) is 5.41. The van der Waals surface area contributed by atoms with Crippen LogP contribution in [0.3, 0.4) is 0 Å². The first kappa shape index (κ1) is 11.4. The maximum Gasteiger partial charge on any atom is 0.120 e. The molecule has 1 fully saturated rings. The Morgan fingerprint density at radius 3 is 2.56 bits per heavy atom. The second kappa shape index (κ2) is 4.05. The van der Waals surface area contributed by atoms with Crippen LogP contribution in [0.25, 0.3) is 0 Å². The molecule has 1 aromatic carbocycles. The van der Waals surface area contributed by atoms with E-state index in [4.69, 9.17) is 0 Å². The molecule has 1 aliphatic rings. The van der Waals surface area contributed by atoms with Crippen LogP contribution in [0.1, 0.15) is 11.1 Å². The Hall–Kier alpha value is -1.10. The lowest BCUT2D eigenvalue weighted by molar-refractivity contribution is -0.0147. The standard InChI is InChI=1S/C12H18N2O2/c1-14(2)6-9-5-10(3-4-11(9)15)12(16)7-13-8-12/h3-5,13,15-16H,6-8H2,1-2H3. The molecule has 1 aromatic rings. The van der Waals surface area contributed by atoms with Crippen molar-refractivity contribution in [1.29, 1.82) is 0 Å². The van der Waals surface area contributed by atoms with Crippen LogP contribution >= 0.6 is 0 Å². The lowest BCUT2D eigenvalue weighted by Crippen LogP contribution is -2.56. The normalized spacial score (nSPS) is 18.5. The Kier molecular flexibility index (Phi) is 2.88. The van der Waals surface area contributed by atoms with E-state index in [1.54, 1.807) is 12.1 Å². The van der Waals surface area contributed by atoms with Gasteiger partial charge in [0.05, 0.1) is 0 Å². The van der Waals surface area contributed by atoms with Crippen LogP contribution in [0.5, 0.6) is 5.75 Å². The largest absolute Gasteiger partial charge is 0.508 e. The summed E-state index contributed by atoms with van der Waals surface area (Å²) in [5, 5.41) is 22.9. The molecule has 16 heavy (non-hydrogen) atoms. The van der Waals surface area contributed by atoms with Crippen molar-refractivity contribution in [3.8, 4) is 5.75 Å². The summed E-state index contributed by atoms with van der Waals surface area (Å²) in [4.78, 5) is 1.99. The predicted octanol–water partition coefficient (Wildman–Crippen LogP) is 0.245. The molecule has 0 saturated carbocycles. The summed E-state index contributed by atoms with van der Waals surface area (Å²) in [5.74, 6) is 0.285. The minimum atomic E-state index is -0.755. The van der Waals surface area contributed by atoms with Gasteiger partial charge < -0.3 is 20.4 Å². The molecule has 2 rings (SSSR count). The number of nitrogens with zero attached hydrogens (tertiary/aromatic N) is 1. The second-order valence-electron chi connectivity index (χ2n) is 4.72. The molecule has 1 heterocycles. The fourth-order valence-electron chi connectivity index (χ4n) is 1.91. The molecule has 0 atom stereocenters. The third-order valence-corrected chi connectivity index (χ3v) is 2.94. The number of aromatic hydroxyl groups is 1. The van der Waals surface area contributed by atoms with Crippen molar-refractivity contribution >= 4 is 0 Å². The monoisotopic (exact) mass is 222 g/mol. The summed E-state index contributed by atoms with van der Waals surface area (Å²) in [6.45, 7) is 1.83. The van der Waals surface area contributed by atoms with E-state index >= 15 is 0 Å². The van der Waals surface area contributed by atoms with Crippen LogP contribution in [-0.2, 0) is 12.1 Å². The van der Waals surface area contributed by atoms with E-state index in [-0.39, 0.29) is 5.75 Å². The van der Waals surface area contributed by atoms with Gasteiger partial charge in [-0.05, 0) is 31.8 Å². The van der Waals surface area contributed by atoms with E-state index in [9.17, 15) is 10.2 Å². The van der Waals surface area contributed by atoms with Crippen molar-refractivity contribution in [2.75, 3.05) is 27.2 Å². The minimum Gasteiger partial charge on any atom is -0.508 e. The number of β-amino-alcohol motifs (C(OH)–C–C–N with tert-alkyl or cyclic N) is 1. The third kappa shape index (κ3) is 2.04. The van der Waals surface area contributed by atoms with E-state index in [0.717, 1.165) is 11.1 Å². The van der Waals surface area contributed by atoms with Crippen LogP contribution < -0.4 is 5.32 Å². The van der Waals surface area contributed by atoms with Crippen LogP contribution in [0.4, 0.5) is 0 Å². The summed E-state index contributed by atoms with van der Waals surface area (Å²) in [7, 11) is 3.90. The zero-order valence-corrected chi connectivity index (χ0v) is 9.70. The van der Waals surface area contributed by atoms with E-state index in [2.05, 4.69) is 5.32 Å². The lowest BCUT2D eigenvalue weighted by atomic mass is 9.87. The molecular weight excluding hydrogens is 204 g/mol. The van der Waals surface area contributed by atoms with Crippen molar-refractivity contribution in [2.45, 2.75) is 12.1 Å². The Labute approximate surface area is 95.5 Å². The molecule has 88 valence electrons. The van der Waals surface area contributed by atoms with Crippen LogP contribution in [0.15, 0.2) is 18.2 Å². The molecular formula is C12H18N2O2. The summed E-state index contributed by atoms with van der Waals surface area (Å²) in [5.41, 5.74) is 0.970. The number of hydrogen-bond acceptors (Lipinski definition) is 4. The number of hydrogen-bond donors (Lipinski definition) is 3. The molecule has 0 aromatic heterocycles. The van der Waals surface area contributed by atoms with Gasteiger partial charge in [0.15, 0.2) is 0 Å². The van der Waals surface area contributed by atoms with E-state index < -0.39 is 5.60 Å². The molecule has 0 radical (unpaired) electrons. The van der Waals surface area contributed by atoms with E-state index in [0.29, 0.717) is 19.6 Å². The molecule has 0 amide bonds. The van der Waals surface area contributed by atoms with Gasteiger partial charge in [-0.15, -0.1) is 0 Å². The molecule has 1 saturated heterocycles. The van der Waals surface area contributed by atoms with Gasteiger partial charge in [-0.2, -0.15) is 0 Å². The quantitative estimate of drug-likeness (QED) is 0.686. The fraction of sp³-hybridized carbons (Fsp3) is 0.500. The van der Waals surface area contributed by atoms with Crippen molar-refractivity contribution in [2.24, 2.45) is 0 Å². The topological polar surface area (TPSA) is 55.7 Å². The average molecular weight is 222 g/mol. The van der Waals surface area contributed by atoms with Crippen molar-refractivity contribution in [3.05, 3.63) is 29.3 Å². The molecule has 0 bridgehead atoms. The summed E-state index contributed by atoms with van der Waals surface area (Å²) < 4.78 is 0. The highest BCUT2D eigenvalue weighted by Crippen LogP contribution is 2.29. The second-order valence-corrected chi connectivity index (χ2v) is 4.72. The molecule has 4 heteroatoms. The number of phenols is 1. The zero-order chi connectivity index (χ0) is 11.8. The average Bonchev–Trinajstić information content (AvgIpc) is 2.17. The van der Waals surface area contributed by atoms with Gasteiger partial charge in [0.2, 0.25) is 0 Å². The third-order valence-electron chi connectivity index (χ3n) is 2.94. The van der Waals surface area contributed by atoms with Gasteiger partial charge in [0.1, 0.15) is 11.4 Å². The first-order valence-corrected chi connectivity index (χ1v) is 5.41. The lowest BCUT2D eigenvalue weighted by Gasteiger charge is -2.38. The summed E-state index contributed by atoms with van der Waals surface area (Å²) in [6, 6.07) is 5.33. The summed E-state index contributed by atoms with van der Waals surface area (Å²) >= 11 is 0. The number of aliphatic hydroxyl groups is 1. The van der Waals surface area contributed by atoms with Gasteiger partial charge in [0, 0.05) is 25.2 Å². The molecule has 3 N–H and O–H groups in total. The van der Waals surface area contributed by atoms with Crippen molar-refractivity contribution in [3.63, 3.8) is 0 Å². The maximum atomic E-state index is 10.2. The highest BCUT2D eigenvalue weighted by atomic mass is 16.3. The highest BCUT2D eigenvalue weighted by molar-refractivity contribution is 5.39. The first-order chi connectivity index (χ1) is 7.51. The maximum absolute atomic E-state index is 10.2. The van der Waals surface area contributed by atoms with Crippen molar-refractivity contribution in [1.82, 2.24) is 10.2 Å². The Morgan fingerprint density at radius 2 is 2.06 bits per heavy atom.